The molecule has 0 spiro atoms. The second kappa shape index (κ2) is 10.5. The van der Waals surface area contributed by atoms with Gasteiger partial charge in [-0.1, -0.05) is 32.6 Å². The van der Waals surface area contributed by atoms with Crippen LogP contribution < -0.4 is 5.32 Å². The van der Waals surface area contributed by atoms with E-state index >= 15 is 0 Å². The lowest BCUT2D eigenvalue weighted by Gasteiger charge is -2.11. The Hall–Kier alpha value is -0.700. The van der Waals surface area contributed by atoms with Gasteiger partial charge in [-0.25, -0.2) is 0 Å². The third-order valence-corrected chi connectivity index (χ3v) is 3.11. The molecule has 0 saturated heterocycles. The Labute approximate surface area is 105 Å². The number of Topliss-reactive ketones (excluding diaryl/α,β-unsaturated/α-hetero) is 2. The van der Waals surface area contributed by atoms with E-state index in [1.165, 1.54) is 19.3 Å². The van der Waals surface area contributed by atoms with E-state index in [9.17, 15) is 9.59 Å². The van der Waals surface area contributed by atoms with Crippen LogP contribution in [0.2, 0.25) is 0 Å². The monoisotopic (exact) mass is 241 g/mol. The van der Waals surface area contributed by atoms with Gasteiger partial charge in [-0.05, 0) is 26.8 Å². The first kappa shape index (κ1) is 16.3. The minimum absolute atomic E-state index is 0.114. The zero-order chi connectivity index (χ0) is 13.1. The quantitative estimate of drug-likeness (QED) is 0.566. The van der Waals surface area contributed by atoms with Gasteiger partial charge in [0.05, 0.1) is 6.04 Å². The van der Waals surface area contributed by atoms with E-state index < -0.39 is 0 Å². The summed E-state index contributed by atoms with van der Waals surface area (Å²) in [5.41, 5.74) is 0. The number of carbonyl (C=O) groups is 2. The van der Waals surface area contributed by atoms with E-state index in [1.807, 2.05) is 0 Å². The third kappa shape index (κ3) is 9.04. The van der Waals surface area contributed by atoms with Crippen LogP contribution in [0, 0.1) is 0 Å². The average Bonchev–Trinajstić information content (AvgIpc) is 2.29. The van der Waals surface area contributed by atoms with Crippen molar-refractivity contribution >= 4 is 11.6 Å². The first-order valence-corrected chi connectivity index (χ1v) is 6.81. The van der Waals surface area contributed by atoms with Crippen molar-refractivity contribution in [3.8, 4) is 0 Å². The lowest BCUT2D eigenvalue weighted by atomic mass is 10.0. The molecule has 0 aliphatic carbocycles. The van der Waals surface area contributed by atoms with Crippen molar-refractivity contribution in [1.29, 1.82) is 0 Å². The molecule has 17 heavy (non-hydrogen) atoms. The molecule has 0 unspecified atom stereocenters. The van der Waals surface area contributed by atoms with Crippen LogP contribution in [0.5, 0.6) is 0 Å². The number of ketones is 2. The van der Waals surface area contributed by atoms with Crippen LogP contribution in [0.3, 0.4) is 0 Å². The Kier molecular flexibility index (Phi) is 10.0. The summed E-state index contributed by atoms with van der Waals surface area (Å²) < 4.78 is 0. The fourth-order valence-electron chi connectivity index (χ4n) is 1.91. The molecule has 0 aliphatic heterocycles. The molecule has 0 heterocycles. The maximum atomic E-state index is 11.6. The highest BCUT2D eigenvalue weighted by Gasteiger charge is 2.13. The molecule has 1 atom stereocenters. The number of carbonyl (C=O) groups excluding carboxylic acids is 2. The summed E-state index contributed by atoms with van der Waals surface area (Å²) in [6, 6.07) is -0.154. The van der Waals surface area contributed by atoms with Crippen molar-refractivity contribution in [3.63, 3.8) is 0 Å². The van der Waals surface area contributed by atoms with Gasteiger partial charge >= 0.3 is 0 Å². The minimum Gasteiger partial charge on any atom is -0.311 e. The summed E-state index contributed by atoms with van der Waals surface area (Å²) in [6.07, 6.45) is 7.73. The highest BCUT2D eigenvalue weighted by atomic mass is 16.1. The molecule has 0 fully saturated rings. The molecular weight excluding hydrogens is 214 g/mol. The van der Waals surface area contributed by atoms with Gasteiger partial charge in [-0.3, -0.25) is 9.59 Å². The molecule has 0 amide bonds. The maximum Gasteiger partial charge on any atom is 0.146 e. The number of unbranched alkanes of at least 4 members (excludes halogenated alkanes) is 4. The second-order valence-corrected chi connectivity index (χ2v) is 4.69. The Morgan fingerprint density at radius 3 is 2.24 bits per heavy atom. The maximum absolute atomic E-state index is 11.6. The van der Waals surface area contributed by atoms with Crippen LogP contribution in [0.1, 0.15) is 65.2 Å². The molecule has 0 aliphatic rings. The van der Waals surface area contributed by atoms with E-state index in [0.717, 1.165) is 12.8 Å². The van der Waals surface area contributed by atoms with E-state index in [4.69, 9.17) is 0 Å². The van der Waals surface area contributed by atoms with Crippen molar-refractivity contribution in [2.24, 2.45) is 0 Å². The van der Waals surface area contributed by atoms with Gasteiger partial charge in [0.1, 0.15) is 11.6 Å². The topological polar surface area (TPSA) is 46.2 Å². The van der Waals surface area contributed by atoms with Crippen molar-refractivity contribution < 1.29 is 9.59 Å². The number of likely N-dealkylation sites (N-methyl/N-ethyl adjacent to an activating group) is 1. The first-order valence-electron chi connectivity index (χ1n) is 6.81. The van der Waals surface area contributed by atoms with Gasteiger partial charge < -0.3 is 5.32 Å². The van der Waals surface area contributed by atoms with Crippen LogP contribution in [0.25, 0.3) is 0 Å². The van der Waals surface area contributed by atoms with E-state index in [2.05, 4.69) is 12.2 Å². The number of nitrogens with one attached hydrogen (secondary N) is 1. The summed E-state index contributed by atoms with van der Waals surface area (Å²) in [5.74, 6) is 0.409. The Bertz CT molecular complexity index is 226. The third-order valence-electron chi connectivity index (χ3n) is 3.11. The van der Waals surface area contributed by atoms with Crippen LogP contribution in [0.4, 0.5) is 0 Å². The SMILES string of the molecule is CCCCCCCC(=O)CC[C@H](NC)C(C)=O. The zero-order valence-electron chi connectivity index (χ0n) is 11.6. The van der Waals surface area contributed by atoms with Crippen LogP contribution >= 0.6 is 0 Å². The number of hydrogen-bond acceptors (Lipinski definition) is 3. The van der Waals surface area contributed by atoms with Gasteiger partial charge in [0.2, 0.25) is 0 Å². The van der Waals surface area contributed by atoms with Gasteiger partial charge in [-0.15, -0.1) is 0 Å². The Balaban J connectivity index is 3.55. The second-order valence-electron chi connectivity index (χ2n) is 4.69. The van der Waals surface area contributed by atoms with Gasteiger partial charge in [0, 0.05) is 12.8 Å². The van der Waals surface area contributed by atoms with Crippen molar-refractivity contribution in [2.45, 2.75) is 71.3 Å². The van der Waals surface area contributed by atoms with Gasteiger partial charge in [0.15, 0.2) is 0 Å². The average molecular weight is 241 g/mol. The van der Waals surface area contributed by atoms with Crippen molar-refractivity contribution in [1.82, 2.24) is 5.32 Å². The van der Waals surface area contributed by atoms with E-state index in [-0.39, 0.29) is 11.8 Å². The first-order chi connectivity index (χ1) is 8.11. The molecule has 1 N–H and O–H groups in total. The normalized spacial score (nSPS) is 12.4. The molecule has 100 valence electrons. The standard InChI is InChI=1S/C14H27NO2/c1-4-5-6-7-8-9-13(17)10-11-14(15-3)12(2)16/h14-15H,4-11H2,1-3H3/t14-/m0/s1. The predicted octanol–water partition coefficient (Wildman–Crippen LogP) is 2.87. The molecule has 3 heteroatoms. The van der Waals surface area contributed by atoms with Crippen LogP contribution in [0.15, 0.2) is 0 Å². The molecule has 0 aromatic heterocycles. The summed E-state index contributed by atoms with van der Waals surface area (Å²) >= 11 is 0. The molecule has 0 bridgehead atoms. The molecular formula is C14H27NO2. The van der Waals surface area contributed by atoms with Crippen LogP contribution in [-0.4, -0.2) is 24.7 Å². The van der Waals surface area contributed by atoms with Gasteiger partial charge in [-0.2, -0.15) is 0 Å². The zero-order valence-corrected chi connectivity index (χ0v) is 11.6. The Morgan fingerprint density at radius 1 is 1.06 bits per heavy atom. The van der Waals surface area contributed by atoms with Crippen molar-refractivity contribution in [3.05, 3.63) is 0 Å². The summed E-state index contributed by atoms with van der Waals surface area (Å²) in [6.45, 7) is 3.75. The highest BCUT2D eigenvalue weighted by molar-refractivity contribution is 5.83. The lowest BCUT2D eigenvalue weighted by Crippen LogP contribution is -2.32. The molecule has 0 radical (unpaired) electrons. The van der Waals surface area contributed by atoms with Crippen molar-refractivity contribution in [2.75, 3.05) is 7.05 Å². The number of rotatable bonds is 11. The molecule has 0 rings (SSSR count). The largest absolute Gasteiger partial charge is 0.311 e. The van der Waals surface area contributed by atoms with E-state index in [1.54, 1.807) is 14.0 Å². The molecule has 3 nitrogen and oxygen atoms in total. The highest BCUT2D eigenvalue weighted by Crippen LogP contribution is 2.08. The molecule has 0 saturated carbocycles. The Morgan fingerprint density at radius 2 is 1.71 bits per heavy atom. The molecule has 0 aromatic carbocycles. The van der Waals surface area contributed by atoms with Crippen LogP contribution in [-0.2, 0) is 9.59 Å². The fraction of sp³-hybridized carbons (Fsp3) is 0.857. The minimum atomic E-state index is -0.154. The predicted molar refractivity (Wildman–Crippen MR) is 71.1 cm³/mol. The number of hydrogen-bond donors (Lipinski definition) is 1. The van der Waals surface area contributed by atoms with E-state index in [0.29, 0.717) is 25.0 Å². The molecule has 0 aromatic rings. The van der Waals surface area contributed by atoms with Gasteiger partial charge in [0.25, 0.3) is 0 Å². The summed E-state index contributed by atoms with van der Waals surface area (Å²) in [5, 5.41) is 2.94. The lowest BCUT2D eigenvalue weighted by molar-refractivity contribution is -0.120. The summed E-state index contributed by atoms with van der Waals surface area (Å²) in [4.78, 5) is 22.7. The summed E-state index contributed by atoms with van der Waals surface area (Å²) in [7, 11) is 1.77. The smallest absolute Gasteiger partial charge is 0.146 e. The fourth-order valence-corrected chi connectivity index (χ4v) is 1.91.